The van der Waals surface area contributed by atoms with Crippen LogP contribution in [-0.4, -0.2) is 0 Å². The number of benzene rings is 9. The molecule has 0 saturated carbocycles. The van der Waals surface area contributed by atoms with E-state index >= 15 is 0 Å². The Morgan fingerprint density at radius 3 is 1.72 bits per heavy atom. The Balaban J connectivity index is 1.06. The fraction of sp³-hybridized carbons (Fsp3) is 0.115. The van der Waals surface area contributed by atoms with Crippen molar-refractivity contribution in [3.05, 3.63) is 186 Å². The molecule has 9 aromatic carbocycles. The molecule has 0 unspecified atom stereocenters. The van der Waals surface area contributed by atoms with Gasteiger partial charge in [0.15, 0.2) is 0 Å². The Kier molecular flexibility index (Phi) is 6.14. The Morgan fingerprint density at radius 1 is 0.340 bits per heavy atom. The first-order valence-corrected chi connectivity index (χ1v) is 18.8. The molecule has 0 heterocycles. The molecule has 0 atom stereocenters. The van der Waals surface area contributed by atoms with Gasteiger partial charge in [-0.05, 0) is 136 Å². The van der Waals surface area contributed by atoms with E-state index in [2.05, 4.69) is 196 Å². The van der Waals surface area contributed by atoms with E-state index in [0.717, 1.165) is 17.1 Å². The van der Waals surface area contributed by atoms with Gasteiger partial charge in [0.1, 0.15) is 0 Å². The first-order chi connectivity index (χ1) is 25.8. The molecule has 53 heavy (non-hydrogen) atoms. The van der Waals surface area contributed by atoms with E-state index < -0.39 is 0 Å². The van der Waals surface area contributed by atoms with Crippen molar-refractivity contribution in [2.75, 3.05) is 4.90 Å². The monoisotopic (exact) mass is 677 g/mol. The van der Waals surface area contributed by atoms with Gasteiger partial charge in [-0.2, -0.15) is 0 Å². The van der Waals surface area contributed by atoms with Crippen molar-refractivity contribution in [2.24, 2.45) is 0 Å². The lowest BCUT2D eigenvalue weighted by Crippen LogP contribution is -2.16. The minimum atomic E-state index is -0.104. The van der Waals surface area contributed by atoms with Gasteiger partial charge in [0.25, 0.3) is 0 Å². The lowest BCUT2D eigenvalue weighted by Gasteiger charge is -2.27. The number of nitrogens with zero attached hydrogens (tertiary/aromatic N) is 1. The van der Waals surface area contributed by atoms with Gasteiger partial charge in [0.2, 0.25) is 0 Å². The highest BCUT2D eigenvalue weighted by Gasteiger charge is 2.39. The molecule has 11 rings (SSSR count). The van der Waals surface area contributed by atoms with Crippen LogP contribution < -0.4 is 4.90 Å². The summed E-state index contributed by atoms with van der Waals surface area (Å²) in [5, 5.41) is 10.4. The predicted molar refractivity (Wildman–Crippen MR) is 226 cm³/mol. The van der Waals surface area contributed by atoms with Crippen LogP contribution in [0.1, 0.15) is 49.9 Å². The largest absolute Gasteiger partial charge is 0.310 e. The van der Waals surface area contributed by atoms with Crippen molar-refractivity contribution in [2.45, 2.75) is 38.5 Å². The van der Waals surface area contributed by atoms with Crippen molar-refractivity contribution >= 4 is 60.2 Å². The highest BCUT2D eigenvalue weighted by atomic mass is 15.1. The maximum Gasteiger partial charge on any atom is 0.0468 e. The van der Waals surface area contributed by atoms with Gasteiger partial charge in [-0.15, -0.1) is 0 Å². The second kappa shape index (κ2) is 10.7. The van der Waals surface area contributed by atoms with Crippen LogP contribution in [0, 0.1) is 0 Å². The highest BCUT2D eigenvalue weighted by Crippen LogP contribution is 2.55. The normalized spacial score (nSPS) is 14.7. The van der Waals surface area contributed by atoms with Crippen LogP contribution >= 0.6 is 0 Å². The van der Waals surface area contributed by atoms with Crippen LogP contribution in [0.25, 0.3) is 65.3 Å². The molecule has 0 spiro atoms. The smallest absolute Gasteiger partial charge is 0.0468 e. The number of para-hydroxylation sites is 1. The Labute approximate surface area is 310 Å². The lowest BCUT2D eigenvalue weighted by atomic mass is 9.80. The van der Waals surface area contributed by atoms with Gasteiger partial charge in [-0.25, -0.2) is 0 Å². The van der Waals surface area contributed by atoms with Gasteiger partial charge in [0.05, 0.1) is 0 Å². The second-order valence-electron chi connectivity index (χ2n) is 16.2. The summed E-state index contributed by atoms with van der Waals surface area (Å²) in [5.74, 6) is 0. The maximum absolute atomic E-state index is 2.46. The fourth-order valence-corrected chi connectivity index (χ4v) is 10.0. The standard InChI is InChI=1S/C52H39N/c1-51(2)46-27-21-32-12-8-10-16-40(32)48(46)44-25-20-35-28-39(23-26-42(35)50(44)51)53(37-14-6-5-7-15-37)38-22-18-34-30-45-43-24-19-33-13-9-11-17-41(33)49(43)52(3,4)47(45)31-36(34)29-38/h5-31H,1-4H3. The van der Waals surface area contributed by atoms with Crippen molar-refractivity contribution < 1.29 is 0 Å². The molecule has 2 aliphatic rings. The lowest BCUT2D eigenvalue weighted by molar-refractivity contribution is 0.666. The molecule has 2 aliphatic carbocycles. The molecule has 0 N–H and O–H groups in total. The first kappa shape index (κ1) is 30.4. The number of fused-ring (bicyclic) bond motifs is 13. The van der Waals surface area contributed by atoms with Gasteiger partial charge >= 0.3 is 0 Å². The second-order valence-corrected chi connectivity index (χ2v) is 16.2. The number of hydrogen-bond donors (Lipinski definition) is 0. The van der Waals surface area contributed by atoms with Gasteiger partial charge in [0, 0.05) is 27.9 Å². The van der Waals surface area contributed by atoms with Crippen molar-refractivity contribution in [1.82, 2.24) is 0 Å². The Morgan fingerprint density at radius 2 is 0.906 bits per heavy atom. The number of anilines is 3. The zero-order valence-corrected chi connectivity index (χ0v) is 30.5. The van der Waals surface area contributed by atoms with Crippen LogP contribution in [-0.2, 0) is 10.8 Å². The third-order valence-corrected chi connectivity index (χ3v) is 12.5. The van der Waals surface area contributed by atoms with E-state index in [9.17, 15) is 0 Å². The molecular formula is C52H39N. The average Bonchev–Trinajstić information content (AvgIpc) is 3.57. The summed E-state index contributed by atoms with van der Waals surface area (Å²) in [6, 6.07) is 61.4. The van der Waals surface area contributed by atoms with E-state index in [-0.39, 0.29) is 10.8 Å². The maximum atomic E-state index is 2.46. The summed E-state index contributed by atoms with van der Waals surface area (Å²) < 4.78 is 0. The van der Waals surface area contributed by atoms with Crippen LogP contribution in [0.4, 0.5) is 17.1 Å². The summed E-state index contributed by atoms with van der Waals surface area (Å²) in [7, 11) is 0. The number of hydrogen-bond acceptors (Lipinski definition) is 1. The molecule has 0 fully saturated rings. The minimum absolute atomic E-state index is 0.104. The molecule has 0 amide bonds. The molecule has 0 aromatic heterocycles. The molecule has 252 valence electrons. The van der Waals surface area contributed by atoms with E-state index in [4.69, 9.17) is 0 Å². The molecule has 9 aromatic rings. The molecule has 1 nitrogen and oxygen atoms in total. The highest BCUT2D eigenvalue weighted by molar-refractivity contribution is 6.08. The van der Waals surface area contributed by atoms with Crippen molar-refractivity contribution in [3.8, 4) is 22.3 Å². The van der Waals surface area contributed by atoms with E-state index in [1.54, 1.807) is 0 Å². The van der Waals surface area contributed by atoms with E-state index in [1.165, 1.54) is 87.6 Å². The van der Waals surface area contributed by atoms with Gasteiger partial charge in [-0.3, -0.25) is 0 Å². The summed E-state index contributed by atoms with van der Waals surface area (Å²) in [4.78, 5) is 2.42. The van der Waals surface area contributed by atoms with Gasteiger partial charge in [-0.1, -0.05) is 143 Å². The topological polar surface area (TPSA) is 3.24 Å². The van der Waals surface area contributed by atoms with E-state index in [0.29, 0.717) is 0 Å². The van der Waals surface area contributed by atoms with Crippen molar-refractivity contribution in [3.63, 3.8) is 0 Å². The van der Waals surface area contributed by atoms with Crippen LogP contribution in [0.3, 0.4) is 0 Å². The fourth-order valence-electron chi connectivity index (χ4n) is 10.0. The quantitative estimate of drug-likeness (QED) is 0.180. The average molecular weight is 678 g/mol. The Hall–Kier alpha value is -6.18. The Bertz CT molecular complexity index is 3000. The molecular weight excluding hydrogens is 639 g/mol. The summed E-state index contributed by atoms with van der Waals surface area (Å²) in [6.45, 7) is 9.57. The molecule has 0 saturated heterocycles. The van der Waals surface area contributed by atoms with E-state index in [1.807, 2.05) is 0 Å². The predicted octanol–water partition coefficient (Wildman–Crippen LogP) is 14.4. The van der Waals surface area contributed by atoms with Crippen molar-refractivity contribution in [1.29, 1.82) is 0 Å². The molecule has 1 heteroatoms. The van der Waals surface area contributed by atoms with Crippen LogP contribution in [0.15, 0.2) is 164 Å². The van der Waals surface area contributed by atoms with Crippen LogP contribution in [0.5, 0.6) is 0 Å². The molecule has 0 bridgehead atoms. The summed E-state index contributed by atoms with van der Waals surface area (Å²) >= 11 is 0. The molecule has 0 radical (unpaired) electrons. The zero-order valence-electron chi connectivity index (χ0n) is 30.5. The van der Waals surface area contributed by atoms with Gasteiger partial charge < -0.3 is 4.90 Å². The minimum Gasteiger partial charge on any atom is -0.310 e. The summed E-state index contributed by atoms with van der Waals surface area (Å²) in [6.07, 6.45) is 0. The third-order valence-electron chi connectivity index (χ3n) is 12.5. The third kappa shape index (κ3) is 4.20. The first-order valence-electron chi connectivity index (χ1n) is 18.8. The summed E-state index contributed by atoms with van der Waals surface area (Å²) in [5.41, 5.74) is 14.4. The van der Waals surface area contributed by atoms with Crippen LogP contribution in [0.2, 0.25) is 0 Å². The SMILES string of the molecule is CC1(C)c2cc3cc(N(c4ccccc4)c4ccc5c6c(ccc5c4)-c4c(ccc5ccccc45)C6(C)C)ccc3cc2-c2ccc3ccccc3c21. The number of rotatable bonds is 3. The molecule has 0 aliphatic heterocycles. The zero-order chi connectivity index (χ0) is 35.6.